The van der Waals surface area contributed by atoms with E-state index in [1.807, 2.05) is 54.7 Å². The first-order chi connectivity index (χ1) is 19.1. The number of hydrogen-bond acceptors (Lipinski definition) is 3. The maximum absolute atomic E-state index is 12.3. The first-order valence-electron chi connectivity index (χ1n) is 14.7. The predicted octanol–water partition coefficient (Wildman–Crippen LogP) is 9.13. The average Bonchev–Trinajstić information content (AvgIpc) is 2.93. The van der Waals surface area contributed by atoms with Gasteiger partial charge in [0.1, 0.15) is 0 Å². The van der Waals surface area contributed by atoms with Crippen LogP contribution in [0.4, 0.5) is 0 Å². The normalized spacial score (nSPS) is 13.1. The van der Waals surface area contributed by atoms with Gasteiger partial charge in [-0.25, -0.2) is 4.79 Å². The van der Waals surface area contributed by atoms with Crippen LogP contribution in [-0.4, -0.2) is 18.1 Å². The second kappa shape index (κ2) is 23.7. The van der Waals surface area contributed by atoms with Crippen molar-refractivity contribution in [1.29, 1.82) is 0 Å². The van der Waals surface area contributed by atoms with Gasteiger partial charge in [0.15, 0.2) is 6.23 Å². The summed E-state index contributed by atoms with van der Waals surface area (Å²) in [7, 11) is 0. The third-order valence-electron chi connectivity index (χ3n) is 6.00. The first-order valence-corrected chi connectivity index (χ1v) is 14.7. The Labute approximate surface area is 237 Å². The number of hydrogen-bond donors (Lipinski definition) is 1. The van der Waals surface area contributed by atoms with E-state index in [-0.39, 0.29) is 5.91 Å². The van der Waals surface area contributed by atoms with E-state index in [0.717, 1.165) is 25.7 Å². The number of rotatable bonds is 20. The molecule has 212 valence electrons. The van der Waals surface area contributed by atoms with Gasteiger partial charge in [-0.15, -0.1) is 0 Å². The van der Waals surface area contributed by atoms with E-state index < -0.39 is 12.2 Å². The zero-order chi connectivity index (χ0) is 28.4. The number of carbonyl (C=O) groups is 2. The zero-order valence-corrected chi connectivity index (χ0v) is 24.3. The fourth-order valence-electron chi connectivity index (χ4n) is 3.75. The van der Waals surface area contributed by atoms with Crippen LogP contribution in [0.3, 0.4) is 0 Å². The second-order valence-corrected chi connectivity index (χ2v) is 9.59. The van der Waals surface area contributed by atoms with Gasteiger partial charge in [-0.1, -0.05) is 138 Å². The SMILES string of the molecule is CCCCCCCCCC=CC=CC=CC=CC=CC=CC(=O)NC(C)OC(=O)c1ccc(CCCC)cc1. The summed E-state index contributed by atoms with van der Waals surface area (Å²) >= 11 is 0. The van der Waals surface area contributed by atoms with Crippen molar-refractivity contribution < 1.29 is 14.3 Å². The van der Waals surface area contributed by atoms with Crippen LogP contribution in [-0.2, 0) is 16.0 Å². The summed E-state index contributed by atoms with van der Waals surface area (Å²) in [5.74, 6) is -0.787. The van der Waals surface area contributed by atoms with Crippen LogP contribution >= 0.6 is 0 Å². The summed E-state index contributed by atoms with van der Waals surface area (Å²) in [6.45, 7) is 6.04. The Morgan fingerprint density at radius 1 is 0.718 bits per heavy atom. The molecular formula is C35H49NO3. The predicted molar refractivity (Wildman–Crippen MR) is 166 cm³/mol. The van der Waals surface area contributed by atoms with Crippen molar-refractivity contribution in [1.82, 2.24) is 5.32 Å². The van der Waals surface area contributed by atoms with Crippen molar-refractivity contribution >= 4 is 11.9 Å². The Morgan fingerprint density at radius 2 is 1.26 bits per heavy atom. The second-order valence-electron chi connectivity index (χ2n) is 9.59. The molecule has 1 aromatic rings. The molecule has 0 aromatic heterocycles. The molecule has 39 heavy (non-hydrogen) atoms. The van der Waals surface area contributed by atoms with Gasteiger partial charge in [0.25, 0.3) is 0 Å². The highest BCUT2D eigenvalue weighted by atomic mass is 16.6. The van der Waals surface area contributed by atoms with Gasteiger partial charge in [-0.05, 0) is 50.3 Å². The van der Waals surface area contributed by atoms with Crippen molar-refractivity contribution in [3.63, 3.8) is 0 Å². The van der Waals surface area contributed by atoms with Crippen molar-refractivity contribution in [3.05, 3.63) is 108 Å². The Kier molecular flexibility index (Phi) is 20.4. The Bertz CT molecular complexity index is 964. The van der Waals surface area contributed by atoms with Crippen LogP contribution in [0.5, 0.6) is 0 Å². The molecule has 0 aliphatic heterocycles. The number of esters is 1. The van der Waals surface area contributed by atoms with Crippen molar-refractivity contribution in [2.75, 3.05) is 0 Å². The minimum atomic E-state index is -0.730. The van der Waals surface area contributed by atoms with Crippen LogP contribution in [0.1, 0.15) is 101 Å². The lowest BCUT2D eigenvalue weighted by molar-refractivity contribution is -0.119. The summed E-state index contributed by atoms with van der Waals surface area (Å²) in [5.41, 5.74) is 1.68. The molecule has 0 bridgehead atoms. The number of allylic oxidation sites excluding steroid dienone is 11. The monoisotopic (exact) mass is 531 g/mol. The molecule has 0 fully saturated rings. The van der Waals surface area contributed by atoms with Gasteiger partial charge in [0.05, 0.1) is 5.56 Å². The van der Waals surface area contributed by atoms with Gasteiger partial charge in [0.2, 0.25) is 5.91 Å². The highest BCUT2D eigenvalue weighted by molar-refractivity contribution is 5.90. The first kappa shape index (κ1) is 33.6. The van der Waals surface area contributed by atoms with E-state index in [1.165, 1.54) is 56.6 Å². The molecule has 0 saturated heterocycles. The summed E-state index contributed by atoms with van der Waals surface area (Å²) in [6.07, 6.45) is 35.9. The van der Waals surface area contributed by atoms with Gasteiger partial charge < -0.3 is 10.1 Å². The van der Waals surface area contributed by atoms with Crippen LogP contribution < -0.4 is 5.32 Å². The largest absolute Gasteiger partial charge is 0.438 e. The van der Waals surface area contributed by atoms with Gasteiger partial charge >= 0.3 is 5.97 Å². The minimum absolute atomic E-state index is 0.330. The number of aryl methyl sites for hydroxylation is 1. The zero-order valence-electron chi connectivity index (χ0n) is 24.3. The highest BCUT2D eigenvalue weighted by Crippen LogP contribution is 2.10. The van der Waals surface area contributed by atoms with Crippen LogP contribution in [0, 0.1) is 0 Å². The van der Waals surface area contributed by atoms with E-state index in [2.05, 4.69) is 31.3 Å². The van der Waals surface area contributed by atoms with E-state index in [9.17, 15) is 9.59 Å². The van der Waals surface area contributed by atoms with Crippen LogP contribution in [0.2, 0.25) is 0 Å². The number of unbranched alkanes of at least 4 members (excludes halogenated alkanes) is 8. The third kappa shape index (κ3) is 19.3. The van der Waals surface area contributed by atoms with E-state index in [4.69, 9.17) is 4.74 Å². The lowest BCUT2D eigenvalue weighted by Gasteiger charge is -2.14. The third-order valence-corrected chi connectivity index (χ3v) is 6.00. The fraction of sp³-hybridized carbons (Fsp3) is 0.429. The summed E-state index contributed by atoms with van der Waals surface area (Å²) in [4.78, 5) is 24.3. The van der Waals surface area contributed by atoms with Gasteiger partial charge in [0, 0.05) is 6.08 Å². The molecule has 4 nitrogen and oxygen atoms in total. The van der Waals surface area contributed by atoms with E-state index in [0.29, 0.717) is 5.56 Å². The highest BCUT2D eigenvalue weighted by Gasteiger charge is 2.13. The maximum Gasteiger partial charge on any atom is 0.340 e. The number of carbonyl (C=O) groups excluding carboxylic acids is 2. The molecule has 0 heterocycles. The standard InChI is InChI=1S/C35H49NO3/c1-4-6-8-9-10-11-12-13-14-15-16-17-18-19-20-21-22-23-24-26-34(37)36-31(3)39-35(38)33-29-27-32(28-30-33)25-7-5-2/h14-24,26-31H,4-13,25H2,1-3H3,(H,36,37). The summed E-state index contributed by atoms with van der Waals surface area (Å²) in [6, 6.07) is 7.42. The van der Waals surface area contributed by atoms with E-state index in [1.54, 1.807) is 31.2 Å². The van der Waals surface area contributed by atoms with Gasteiger partial charge in [-0.2, -0.15) is 0 Å². The van der Waals surface area contributed by atoms with Crippen LogP contribution in [0.15, 0.2) is 97.2 Å². The Hall–Kier alpha value is -3.40. The number of nitrogens with one attached hydrogen (secondary N) is 1. The van der Waals surface area contributed by atoms with Gasteiger partial charge in [-0.3, -0.25) is 4.79 Å². The summed E-state index contributed by atoms with van der Waals surface area (Å²) < 4.78 is 5.32. The smallest absolute Gasteiger partial charge is 0.340 e. The molecule has 0 spiro atoms. The van der Waals surface area contributed by atoms with Crippen LogP contribution in [0.25, 0.3) is 0 Å². The maximum atomic E-state index is 12.3. The molecule has 1 amide bonds. The quantitative estimate of drug-likeness (QED) is 0.0600. The molecule has 0 radical (unpaired) electrons. The molecule has 1 unspecified atom stereocenters. The molecule has 0 aliphatic carbocycles. The van der Waals surface area contributed by atoms with Crippen molar-refractivity contribution in [2.24, 2.45) is 0 Å². The van der Waals surface area contributed by atoms with E-state index >= 15 is 0 Å². The average molecular weight is 532 g/mol. The lowest BCUT2D eigenvalue weighted by atomic mass is 10.1. The molecular weight excluding hydrogens is 482 g/mol. The Morgan fingerprint density at radius 3 is 1.87 bits per heavy atom. The van der Waals surface area contributed by atoms with Crippen molar-refractivity contribution in [3.8, 4) is 0 Å². The molecule has 0 aliphatic rings. The molecule has 1 rings (SSSR count). The number of amides is 1. The number of benzene rings is 1. The minimum Gasteiger partial charge on any atom is -0.438 e. The fourth-order valence-corrected chi connectivity index (χ4v) is 3.75. The topological polar surface area (TPSA) is 55.4 Å². The molecule has 1 N–H and O–H groups in total. The lowest BCUT2D eigenvalue weighted by Crippen LogP contribution is -2.35. The number of ether oxygens (including phenoxy) is 1. The van der Waals surface area contributed by atoms with Crippen molar-refractivity contribution in [2.45, 2.75) is 97.6 Å². The molecule has 1 atom stereocenters. The Balaban J connectivity index is 2.19. The summed E-state index contributed by atoms with van der Waals surface area (Å²) in [5, 5.41) is 2.63. The molecule has 1 aromatic carbocycles. The molecule has 0 saturated carbocycles. The molecule has 4 heteroatoms.